The van der Waals surface area contributed by atoms with Gasteiger partial charge in [-0.1, -0.05) is 39.0 Å². The maximum atomic E-state index is 12.3. The van der Waals surface area contributed by atoms with Crippen molar-refractivity contribution >= 4 is 5.97 Å². The number of methoxy groups -OCH3 is 1. The largest absolute Gasteiger partial charge is 0.464 e. The first kappa shape index (κ1) is 14.5. The highest BCUT2D eigenvalue weighted by Crippen LogP contribution is 2.68. The maximum Gasteiger partial charge on any atom is 0.358 e. The summed E-state index contributed by atoms with van der Waals surface area (Å²) < 4.78 is 6.98. The Morgan fingerprint density at radius 2 is 1.96 bits per heavy atom. The van der Waals surface area contributed by atoms with E-state index in [2.05, 4.69) is 25.9 Å². The van der Waals surface area contributed by atoms with Crippen LogP contribution in [0.1, 0.15) is 61.3 Å². The van der Waals surface area contributed by atoms with Crippen LogP contribution < -0.4 is 0 Å². The molecule has 2 bridgehead atoms. The average Bonchev–Trinajstić information content (AvgIpc) is 3.10. The molecule has 23 heavy (non-hydrogen) atoms. The van der Waals surface area contributed by atoms with Crippen molar-refractivity contribution in [3.05, 3.63) is 47.3 Å². The van der Waals surface area contributed by atoms with Gasteiger partial charge in [-0.15, -0.1) is 0 Å². The lowest BCUT2D eigenvalue weighted by molar-refractivity contribution is 0.0591. The molecule has 1 aromatic carbocycles. The number of fused-ring (bicyclic) bond motifs is 5. The minimum atomic E-state index is -0.331. The summed E-state index contributed by atoms with van der Waals surface area (Å²) in [7, 11) is 1.43. The Bertz CT molecular complexity index is 791. The van der Waals surface area contributed by atoms with Crippen molar-refractivity contribution in [3.8, 4) is 5.69 Å². The van der Waals surface area contributed by atoms with Crippen molar-refractivity contribution in [1.29, 1.82) is 0 Å². The Hall–Kier alpha value is -2.10. The van der Waals surface area contributed by atoms with E-state index in [9.17, 15) is 4.79 Å². The second-order valence-electron chi connectivity index (χ2n) is 7.49. The topological polar surface area (TPSA) is 44.1 Å². The molecule has 1 heterocycles. The molecule has 2 aliphatic rings. The lowest BCUT2D eigenvalue weighted by Crippen LogP contribution is -2.33. The normalized spacial score (nSPS) is 27.0. The first-order chi connectivity index (χ1) is 10.9. The van der Waals surface area contributed by atoms with Gasteiger partial charge in [0.05, 0.1) is 18.5 Å². The molecule has 0 amide bonds. The quantitative estimate of drug-likeness (QED) is 0.792. The Morgan fingerprint density at radius 3 is 2.61 bits per heavy atom. The number of nitrogens with zero attached hydrogens (tertiary/aromatic N) is 2. The number of benzene rings is 1. The first-order valence-electron chi connectivity index (χ1n) is 8.19. The summed E-state index contributed by atoms with van der Waals surface area (Å²) in [6.07, 6.45) is 2.25. The molecule has 0 saturated heterocycles. The fourth-order valence-corrected chi connectivity index (χ4v) is 4.72. The van der Waals surface area contributed by atoms with Crippen LogP contribution in [0.15, 0.2) is 30.3 Å². The van der Waals surface area contributed by atoms with Gasteiger partial charge < -0.3 is 4.74 Å². The van der Waals surface area contributed by atoms with E-state index in [4.69, 9.17) is 4.74 Å². The van der Waals surface area contributed by atoms with Gasteiger partial charge in [0.2, 0.25) is 0 Å². The summed E-state index contributed by atoms with van der Waals surface area (Å²) in [5.74, 6) is 0.0388. The number of esters is 1. The van der Waals surface area contributed by atoms with E-state index in [0.29, 0.717) is 11.6 Å². The molecular formula is C19H22N2O2. The summed E-state index contributed by atoms with van der Waals surface area (Å²) in [5, 5.41) is 4.67. The highest BCUT2D eigenvalue weighted by atomic mass is 16.5. The Kier molecular flexibility index (Phi) is 2.81. The van der Waals surface area contributed by atoms with Crippen molar-refractivity contribution in [1.82, 2.24) is 9.78 Å². The highest BCUT2D eigenvalue weighted by Gasteiger charge is 2.63. The van der Waals surface area contributed by atoms with Gasteiger partial charge in [-0.2, -0.15) is 5.10 Å². The zero-order chi connectivity index (χ0) is 16.4. The zero-order valence-corrected chi connectivity index (χ0v) is 14.1. The van der Waals surface area contributed by atoms with Crippen molar-refractivity contribution in [2.75, 3.05) is 7.11 Å². The van der Waals surface area contributed by atoms with E-state index >= 15 is 0 Å². The van der Waals surface area contributed by atoms with Gasteiger partial charge in [-0.05, 0) is 36.3 Å². The number of para-hydroxylation sites is 1. The predicted octanol–water partition coefficient (Wildman–Crippen LogP) is 3.83. The van der Waals surface area contributed by atoms with Crippen LogP contribution in [0.4, 0.5) is 0 Å². The van der Waals surface area contributed by atoms with E-state index in [1.54, 1.807) is 0 Å². The second-order valence-corrected chi connectivity index (χ2v) is 7.49. The van der Waals surface area contributed by atoms with Crippen LogP contribution in [0.5, 0.6) is 0 Å². The number of aromatic nitrogens is 2. The molecule has 2 aliphatic carbocycles. The number of ether oxygens (including phenoxy) is 1. The molecule has 2 atom stereocenters. The number of carbonyl (C=O) groups excluding carboxylic acids is 1. The molecule has 0 spiro atoms. The molecule has 120 valence electrons. The van der Waals surface area contributed by atoms with Crippen LogP contribution in [0.25, 0.3) is 5.69 Å². The van der Waals surface area contributed by atoms with Crippen LogP contribution in [0, 0.1) is 5.41 Å². The molecule has 0 aliphatic heterocycles. The van der Waals surface area contributed by atoms with Crippen molar-refractivity contribution < 1.29 is 9.53 Å². The van der Waals surface area contributed by atoms with Crippen LogP contribution in [0.2, 0.25) is 0 Å². The molecule has 4 nitrogen and oxygen atoms in total. The molecule has 0 N–H and O–H groups in total. The summed E-state index contributed by atoms with van der Waals surface area (Å²) in [5.41, 5.74) is 3.96. The van der Waals surface area contributed by atoms with Gasteiger partial charge in [0.1, 0.15) is 0 Å². The number of rotatable bonds is 2. The number of hydrogen-bond donors (Lipinski definition) is 0. The van der Waals surface area contributed by atoms with E-state index in [1.807, 2.05) is 35.0 Å². The highest BCUT2D eigenvalue weighted by molar-refractivity contribution is 5.90. The van der Waals surface area contributed by atoms with E-state index in [-0.39, 0.29) is 16.8 Å². The minimum Gasteiger partial charge on any atom is -0.464 e. The van der Waals surface area contributed by atoms with Gasteiger partial charge in [0.15, 0.2) is 5.69 Å². The lowest BCUT2D eigenvalue weighted by Gasteiger charge is -2.35. The SMILES string of the molecule is COC(=O)c1nn(-c2ccccc2)c2c1[C@@H]1CC[C@@]2(C)C1(C)C. The minimum absolute atomic E-state index is 0.0299. The number of carbonyl (C=O) groups is 1. The average molecular weight is 310 g/mol. The van der Waals surface area contributed by atoms with Crippen LogP contribution >= 0.6 is 0 Å². The Morgan fingerprint density at radius 1 is 1.26 bits per heavy atom. The summed E-state index contributed by atoms with van der Waals surface area (Å²) in [6.45, 7) is 6.96. The fraction of sp³-hybridized carbons (Fsp3) is 0.474. The number of hydrogen-bond acceptors (Lipinski definition) is 3. The third kappa shape index (κ3) is 1.61. The van der Waals surface area contributed by atoms with Crippen molar-refractivity contribution in [2.24, 2.45) is 5.41 Å². The summed E-state index contributed by atoms with van der Waals surface area (Å²) in [6, 6.07) is 10.1. The van der Waals surface area contributed by atoms with Gasteiger partial charge in [0.25, 0.3) is 0 Å². The third-order valence-corrected chi connectivity index (χ3v) is 6.40. The summed E-state index contributed by atoms with van der Waals surface area (Å²) in [4.78, 5) is 12.3. The van der Waals surface area contributed by atoms with Gasteiger partial charge >= 0.3 is 5.97 Å². The van der Waals surface area contributed by atoms with Gasteiger partial charge in [-0.3, -0.25) is 0 Å². The van der Waals surface area contributed by atoms with E-state index < -0.39 is 0 Å². The Labute approximate surface area is 136 Å². The monoisotopic (exact) mass is 310 g/mol. The first-order valence-corrected chi connectivity index (χ1v) is 8.19. The molecule has 1 saturated carbocycles. The molecule has 4 heteroatoms. The van der Waals surface area contributed by atoms with E-state index in [0.717, 1.165) is 24.1 Å². The summed E-state index contributed by atoms with van der Waals surface area (Å²) >= 11 is 0. The third-order valence-electron chi connectivity index (χ3n) is 6.40. The zero-order valence-electron chi connectivity index (χ0n) is 14.1. The van der Waals surface area contributed by atoms with Crippen molar-refractivity contribution in [2.45, 2.75) is 44.9 Å². The molecule has 4 rings (SSSR count). The molecule has 0 unspecified atom stereocenters. The van der Waals surface area contributed by atoms with Crippen LogP contribution in [-0.4, -0.2) is 22.9 Å². The van der Waals surface area contributed by atoms with Crippen LogP contribution in [0.3, 0.4) is 0 Å². The molecule has 0 radical (unpaired) electrons. The predicted molar refractivity (Wildman–Crippen MR) is 88.0 cm³/mol. The molecule has 1 aromatic heterocycles. The maximum absolute atomic E-state index is 12.3. The van der Waals surface area contributed by atoms with Gasteiger partial charge in [-0.25, -0.2) is 9.48 Å². The van der Waals surface area contributed by atoms with Gasteiger partial charge in [0, 0.05) is 11.0 Å². The lowest BCUT2D eigenvalue weighted by atomic mass is 9.70. The second kappa shape index (κ2) is 4.47. The van der Waals surface area contributed by atoms with Crippen molar-refractivity contribution in [3.63, 3.8) is 0 Å². The fourth-order valence-electron chi connectivity index (χ4n) is 4.72. The molecular weight excluding hydrogens is 288 g/mol. The van der Waals surface area contributed by atoms with Crippen LogP contribution in [-0.2, 0) is 10.2 Å². The molecule has 1 fully saturated rings. The smallest absolute Gasteiger partial charge is 0.358 e. The standard InChI is InChI=1S/C19H22N2O2/c1-18(2)13-10-11-19(18,3)16-14(13)15(17(22)23-4)20-21(16)12-8-6-5-7-9-12/h5-9,13H,10-11H2,1-4H3/t13-,19+/m0/s1. The molecule has 2 aromatic rings. The Balaban J connectivity index is 2.03. The van der Waals surface area contributed by atoms with E-state index in [1.165, 1.54) is 12.8 Å².